The van der Waals surface area contributed by atoms with Crippen molar-refractivity contribution in [3.63, 3.8) is 0 Å². The average Bonchev–Trinajstić information content (AvgIpc) is 2.83. The number of carbonyl (C=O) groups excluding carboxylic acids is 1. The van der Waals surface area contributed by atoms with Crippen LogP contribution in [0.1, 0.15) is 65.2 Å². The SMILES string of the molecule is C[C@]12CC(=CO)C(=O)C[C@@H]1CC[C@H]1[C@@H]2CC[C@]2(C)[C@@H](O)CC[C@@H]12. The van der Waals surface area contributed by atoms with Gasteiger partial charge in [-0.3, -0.25) is 4.79 Å². The quantitative estimate of drug-likeness (QED) is 0.524. The number of allylic oxidation sites excluding steroid dienone is 1. The molecule has 0 aromatic carbocycles. The van der Waals surface area contributed by atoms with Crippen LogP contribution in [-0.4, -0.2) is 22.1 Å². The molecule has 4 aliphatic carbocycles. The fourth-order valence-corrected chi connectivity index (χ4v) is 7.10. The fraction of sp³-hybridized carbons (Fsp3) is 0.850. The van der Waals surface area contributed by atoms with E-state index in [1.54, 1.807) is 0 Å². The maximum Gasteiger partial charge on any atom is 0.162 e. The molecule has 2 N–H and O–H groups in total. The summed E-state index contributed by atoms with van der Waals surface area (Å²) in [7, 11) is 0. The van der Waals surface area contributed by atoms with Gasteiger partial charge in [0.25, 0.3) is 0 Å². The van der Waals surface area contributed by atoms with Gasteiger partial charge in [-0.1, -0.05) is 13.8 Å². The number of aliphatic hydroxyl groups is 2. The van der Waals surface area contributed by atoms with Gasteiger partial charge in [-0.2, -0.15) is 0 Å². The molecular weight excluding hydrogens is 288 g/mol. The topological polar surface area (TPSA) is 57.5 Å². The molecule has 0 radical (unpaired) electrons. The van der Waals surface area contributed by atoms with Crippen molar-refractivity contribution in [3.05, 3.63) is 11.8 Å². The van der Waals surface area contributed by atoms with Crippen LogP contribution >= 0.6 is 0 Å². The molecule has 3 nitrogen and oxygen atoms in total. The molecular formula is C20H30O3. The van der Waals surface area contributed by atoms with E-state index in [-0.39, 0.29) is 22.7 Å². The summed E-state index contributed by atoms with van der Waals surface area (Å²) in [4.78, 5) is 12.2. The molecule has 7 atom stereocenters. The minimum atomic E-state index is -0.125. The zero-order valence-corrected chi connectivity index (χ0v) is 14.4. The van der Waals surface area contributed by atoms with Crippen LogP contribution in [0.25, 0.3) is 0 Å². The summed E-state index contributed by atoms with van der Waals surface area (Å²) in [6.07, 6.45) is 9.11. The van der Waals surface area contributed by atoms with E-state index < -0.39 is 0 Å². The standard InChI is InChI=1S/C20H30O3/c1-19-8-7-16-14(15(19)5-6-18(19)23)4-3-13-9-17(22)12(11-21)10-20(13,16)2/h11,13-16,18,21,23H,3-10H2,1-2H3/t13-,14+,15-,16-,18-,19-,20-/m0/s1. The summed E-state index contributed by atoms with van der Waals surface area (Å²) in [6.45, 7) is 4.68. The predicted molar refractivity (Wildman–Crippen MR) is 88.8 cm³/mol. The minimum Gasteiger partial charge on any atom is -0.515 e. The van der Waals surface area contributed by atoms with E-state index in [9.17, 15) is 15.0 Å². The highest BCUT2D eigenvalue weighted by Crippen LogP contribution is 2.66. The molecule has 0 amide bonds. The van der Waals surface area contributed by atoms with Crippen LogP contribution in [0.15, 0.2) is 11.8 Å². The van der Waals surface area contributed by atoms with E-state index >= 15 is 0 Å². The highest BCUT2D eigenvalue weighted by Gasteiger charge is 2.60. The predicted octanol–water partition coefficient (Wildman–Crippen LogP) is 4.01. The van der Waals surface area contributed by atoms with E-state index in [0.717, 1.165) is 31.9 Å². The van der Waals surface area contributed by atoms with Crippen LogP contribution in [0.3, 0.4) is 0 Å². The first-order valence-electron chi connectivity index (χ1n) is 9.44. The monoisotopic (exact) mass is 318 g/mol. The normalized spacial score (nSPS) is 54.5. The lowest BCUT2D eigenvalue weighted by Gasteiger charge is -2.60. The summed E-state index contributed by atoms with van der Waals surface area (Å²) in [6, 6.07) is 0. The molecule has 4 aliphatic rings. The van der Waals surface area contributed by atoms with Crippen molar-refractivity contribution in [1.29, 1.82) is 0 Å². The van der Waals surface area contributed by atoms with E-state index in [4.69, 9.17) is 0 Å². The average molecular weight is 318 g/mol. The Balaban J connectivity index is 1.66. The maximum atomic E-state index is 12.2. The Morgan fingerprint density at radius 2 is 1.78 bits per heavy atom. The van der Waals surface area contributed by atoms with Crippen molar-refractivity contribution in [2.45, 2.75) is 71.3 Å². The third-order valence-corrected chi connectivity index (χ3v) is 8.53. The van der Waals surface area contributed by atoms with Crippen molar-refractivity contribution in [1.82, 2.24) is 0 Å². The molecule has 4 saturated carbocycles. The van der Waals surface area contributed by atoms with Gasteiger partial charge in [-0.25, -0.2) is 0 Å². The number of aliphatic hydroxyl groups excluding tert-OH is 2. The van der Waals surface area contributed by atoms with Crippen LogP contribution in [0.2, 0.25) is 0 Å². The molecule has 0 heterocycles. The van der Waals surface area contributed by atoms with Crippen LogP contribution in [0.4, 0.5) is 0 Å². The van der Waals surface area contributed by atoms with Gasteiger partial charge >= 0.3 is 0 Å². The van der Waals surface area contributed by atoms with E-state index in [2.05, 4.69) is 13.8 Å². The van der Waals surface area contributed by atoms with Gasteiger partial charge in [0.05, 0.1) is 12.4 Å². The van der Waals surface area contributed by atoms with Crippen molar-refractivity contribution in [2.24, 2.45) is 34.5 Å². The van der Waals surface area contributed by atoms with Gasteiger partial charge in [0.2, 0.25) is 0 Å². The summed E-state index contributed by atoms with van der Waals surface area (Å²) in [5, 5.41) is 20.0. The van der Waals surface area contributed by atoms with Crippen LogP contribution in [0, 0.1) is 34.5 Å². The van der Waals surface area contributed by atoms with Crippen molar-refractivity contribution < 1.29 is 15.0 Å². The second-order valence-corrected chi connectivity index (χ2v) is 9.25. The third-order valence-electron chi connectivity index (χ3n) is 8.53. The lowest BCUT2D eigenvalue weighted by atomic mass is 9.45. The van der Waals surface area contributed by atoms with E-state index in [1.807, 2.05) is 0 Å². The molecule has 0 bridgehead atoms. The lowest BCUT2D eigenvalue weighted by molar-refractivity contribution is -0.135. The molecule has 4 rings (SSSR count). The molecule has 128 valence electrons. The number of fused-ring (bicyclic) bond motifs is 5. The lowest BCUT2D eigenvalue weighted by Crippen LogP contribution is -2.54. The Morgan fingerprint density at radius 1 is 1.04 bits per heavy atom. The Hall–Kier alpha value is -0.830. The number of rotatable bonds is 0. The Kier molecular flexibility index (Phi) is 3.46. The van der Waals surface area contributed by atoms with Crippen LogP contribution in [-0.2, 0) is 4.79 Å². The molecule has 4 fully saturated rings. The van der Waals surface area contributed by atoms with Gasteiger partial charge in [-0.15, -0.1) is 0 Å². The molecule has 0 spiro atoms. The van der Waals surface area contributed by atoms with Gasteiger partial charge < -0.3 is 10.2 Å². The Labute approximate surface area is 139 Å². The number of carbonyl (C=O) groups is 1. The Bertz CT molecular complexity index is 553. The molecule has 0 unspecified atom stereocenters. The smallest absolute Gasteiger partial charge is 0.162 e. The first-order chi connectivity index (χ1) is 10.9. The van der Waals surface area contributed by atoms with Gasteiger partial charge in [0.1, 0.15) is 0 Å². The number of Topliss-reactive ketones (excluding diaryl/α,β-unsaturated/α-hetero) is 1. The fourth-order valence-electron chi connectivity index (χ4n) is 7.10. The number of hydrogen-bond acceptors (Lipinski definition) is 3. The zero-order chi connectivity index (χ0) is 16.4. The van der Waals surface area contributed by atoms with Crippen molar-refractivity contribution in [2.75, 3.05) is 0 Å². The first-order valence-corrected chi connectivity index (χ1v) is 9.44. The zero-order valence-electron chi connectivity index (χ0n) is 14.4. The minimum absolute atomic E-state index is 0.116. The van der Waals surface area contributed by atoms with Crippen LogP contribution in [0.5, 0.6) is 0 Å². The first kappa shape index (κ1) is 15.7. The third kappa shape index (κ3) is 2.01. The van der Waals surface area contributed by atoms with Crippen LogP contribution < -0.4 is 0 Å². The summed E-state index contributed by atoms with van der Waals surface area (Å²) < 4.78 is 0. The highest BCUT2D eigenvalue weighted by atomic mass is 16.3. The molecule has 0 aromatic heterocycles. The maximum absolute atomic E-state index is 12.2. The van der Waals surface area contributed by atoms with Gasteiger partial charge in [-0.05, 0) is 79.4 Å². The molecule has 0 aliphatic heterocycles. The second kappa shape index (κ2) is 5.08. The molecule has 23 heavy (non-hydrogen) atoms. The highest BCUT2D eigenvalue weighted by molar-refractivity contribution is 5.96. The van der Waals surface area contributed by atoms with E-state index in [0.29, 0.717) is 35.7 Å². The molecule has 3 heteroatoms. The Morgan fingerprint density at radius 3 is 2.52 bits per heavy atom. The summed E-state index contributed by atoms with van der Waals surface area (Å²) in [5.74, 6) is 2.63. The van der Waals surface area contributed by atoms with Gasteiger partial charge in [0.15, 0.2) is 5.78 Å². The van der Waals surface area contributed by atoms with Crippen molar-refractivity contribution in [3.8, 4) is 0 Å². The number of ketones is 1. The summed E-state index contributed by atoms with van der Waals surface area (Å²) in [5.41, 5.74) is 0.911. The summed E-state index contributed by atoms with van der Waals surface area (Å²) >= 11 is 0. The van der Waals surface area contributed by atoms with Crippen molar-refractivity contribution >= 4 is 5.78 Å². The van der Waals surface area contributed by atoms with E-state index in [1.165, 1.54) is 19.3 Å². The second-order valence-electron chi connectivity index (χ2n) is 9.25. The molecule has 0 saturated heterocycles. The largest absolute Gasteiger partial charge is 0.515 e. The van der Waals surface area contributed by atoms with Gasteiger partial charge in [0, 0.05) is 12.0 Å². The number of hydrogen-bond donors (Lipinski definition) is 2. The molecule has 0 aromatic rings.